The molecule has 0 unspecified atom stereocenters. The molecule has 0 radical (unpaired) electrons. The maximum absolute atomic E-state index is 11.1. The summed E-state index contributed by atoms with van der Waals surface area (Å²) in [5, 5.41) is 0. The van der Waals surface area contributed by atoms with Crippen LogP contribution in [0.1, 0.15) is 26.7 Å². The van der Waals surface area contributed by atoms with Gasteiger partial charge in [0.1, 0.15) is 9.84 Å². The van der Waals surface area contributed by atoms with E-state index >= 15 is 0 Å². The molecule has 0 spiro atoms. The van der Waals surface area contributed by atoms with Crippen molar-refractivity contribution in [3.8, 4) is 0 Å². The van der Waals surface area contributed by atoms with E-state index in [1.807, 2.05) is 0 Å². The Kier molecular flexibility index (Phi) is 5.89. The molecule has 0 aromatic carbocycles. The van der Waals surface area contributed by atoms with Crippen LogP contribution in [0, 0.1) is 5.92 Å². The summed E-state index contributed by atoms with van der Waals surface area (Å²) in [6.45, 7) is 7.71. The summed E-state index contributed by atoms with van der Waals surface area (Å²) in [4.78, 5) is 2.22. The first-order valence-electron chi connectivity index (χ1n) is 6.38. The van der Waals surface area contributed by atoms with Crippen molar-refractivity contribution in [3.05, 3.63) is 0 Å². The molecule has 1 aliphatic heterocycles. The number of sulfone groups is 1. The molecule has 1 heterocycles. The summed E-state index contributed by atoms with van der Waals surface area (Å²) in [6.07, 6.45) is 3.71. The van der Waals surface area contributed by atoms with E-state index in [0.29, 0.717) is 18.6 Å². The molecule has 0 N–H and O–H groups in total. The van der Waals surface area contributed by atoms with Crippen molar-refractivity contribution in [1.82, 2.24) is 4.90 Å². The minimum atomic E-state index is -2.83. The van der Waals surface area contributed by atoms with E-state index < -0.39 is 9.84 Å². The fourth-order valence-electron chi connectivity index (χ4n) is 1.92. The van der Waals surface area contributed by atoms with Gasteiger partial charge in [-0.3, -0.25) is 0 Å². The van der Waals surface area contributed by atoms with Gasteiger partial charge in [0.25, 0.3) is 0 Å². The zero-order valence-electron chi connectivity index (χ0n) is 11.2. The first-order chi connectivity index (χ1) is 7.87. The van der Waals surface area contributed by atoms with E-state index in [1.54, 1.807) is 0 Å². The number of hydrogen-bond donors (Lipinski definition) is 0. The predicted octanol–water partition coefficient (Wildman–Crippen LogP) is 1.17. The van der Waals surface area contributed by atoms with Crippen molar-refractivity contribution in [2.45, 2.75) is 32.8 Å². The Hall–Kier alpha value is -0.130. The highest BCUT2D eigenvalue weighted by molar-refractivity contribution is 7.90. The molecular weight excluding hydrogens is 238 g/mol. The molecule has 1 saturated heterocycles. The maximum Gasteiger partial charge on any atom is 0.148 e. The molecule has 0 aromatic rings. The van der Waals surface area contributed by atoms with Crippen LogP contribution in [0.4, 0.5) is 0 Å². The van der Waals surface area contributed by atoms with Gasteiger partial charge in [-0.05, 0) is 18.8 Å². The van der Waals surface area contributed by atoms with Gasteiger partial charge in [0, 0.05) is 32.5 Å². The van der Waals surface area contributed by atoms with Gasteiger partial charge in [-0.25, -0.2) is 8.42 Å². The van der Waals surface area contributed by atoms with Crippen molar-refractivity contribution in [3.63, 3.8) is 0 Å². The minimum absolute atomic E-state index is 0.268. The van der Waals surface area contributed by atoms with Gasteiger partial charge >= 0.3 is 0 Å². The Morgan fingerprint density at radius 1 is 1.29 bits per heavy atom. The molecule has 0 atom stereocenters. The minimum Gasteiger partial charge on any atom is -0.378 e. The summed E-state index contributed by atoms with van der Waals surface area (Å²) in [5.41, 5.74) is 0. The molecule has 102 valence electrons. The Morgan fingerprint density at radius 2 is 1.88 bits per heavy atom. The van der Waals surface area contributed by atoms with Crippen LogP contribution in [0.15, 0.2) is 0 Å². The molecular formula is C12H25NO3S. The van der Waals surface area contributed by atoms with Crippen LogP contribution >= 0.6 is 0 Å². The highest BCUT2D eigenvalue weighted by Crippen LogP contribution is 2.14. The average molecular weight is 263 g/mol. The summed E-state index contributed by atoms with van der Waals surface area (Å²) < 4.78 is 27.9. The number of likely N-dealkylation sites (tertiary alicyclic amines) is 1. The predicted molar refractivity (Wildman–Crippen MR) is 70.0 cm³/mol. The van der Waals surface area contributed by atoms with E-state index in [2.05, 4.69) is 18.7 Å². The van der Waals surface area contributed by atoms with Crippen LogP contribution in [-0.2, 0) is 14.6 Å². The third-order valence-corrected chi connectivity index (χ3v) is 3.90. The molecule has 1 aliphatic rings. The standard InChI is InChI=1S/C12H25NO3S/c1-11(2)10-16-12-4-6-13(7-5-12)8-9-17(3,14)15/h11-12H,4-10H2,1-3H3. The van der Waals surface area contributed by atoms with Crippen LogP contribution in [0.2, 0.25) is 0 Å². The first kappa shape index (κ1) is 14.9. The van der Waals surface area contributed by atoms with Crippen molar-refractivity contribution >= 4 is 9.84 Å². The Morgan fingerprint density at radius 3 is 2.35 bits per heavy atom. The number of nitrogens with zero attached hydrogens (tertiary/aromatic N) is 1. The molecule has 5 heteroatoms. The molecule has 1 fully saturated rings. The highest BCUT2D eigenvalue weighted by Gasteiger charge is 2.20. The van der Waals surface area contributed by atoms with Gasteiger partial charge in [0.05, 0.1) is 11.9 Å². The summed E-state index contributed by atoms with van der Waals surface area (Å²) >= 11 is 0. The maximum atomic E-state index is 11.1. The topological polar surface area (TPSA) is 46.6 Å². The summed E-state index contributed by atoms with van der Waals surface area (Å²) in [5.74, 6) is 0.850. The molecule has 0 saturated carbocycles. The van der Waals surface area contributed by atoms with E-state index in [4.69, 9.17) is 4.74 Å². The van der Waals surface area contributed by atoms with Gasteiger partial charge in [0.15, 0.2) is 0 Å². The summed E-state index contributed by atoms with van der Waals surface area (Å²) in [6, 6.07) is 0. The lowest BCUT2D eigenvalue weighted by molar-refractivity contribution is -0.00335. The second kappa shape index (κ2) is 6.71. The number of piperidine rings is 1. The van der Waals surface area contributed by atoms with Gasteiger partial charge < -0.3 is 9.64 Å². The third kappa shape index (κ3) is 7.01. The zero-order chi connectivity index (χ0) is 12.9. The van der Waals surface area contributed by atoms with Gasteiger partial charge in [-0.15, -0.1) is 0 Å². The van der Waals surface area contributed by atoms with Crippen LogP contribution in [-0.4, -0.2) is 57.7 Å². The SMILES string of the molecule is CC(C)COC1CCN(CCS(C)(=O)=O)CC1. The first-order valence-corrected chi connectivity index (χ1v) is 8.44. The van der Waals surface area contributed by atoms with Gasteiger partial charge in [0.2, 0.25) is 0 Å². The normalized spacial score (nSPS) is 20.0. The third-order valence-electron chi connectivity index (χ3n) is 2.98. The zero-order valence-corrected chi connectivity index (χ0v) is 12.0. The van der Waals surface area contributed by atoms with Crippen LogP contribution in [0.3, 0.4) is 0 Å². The van der Waals surface area contributed by atoms with Crippen molar-refractivity contribution in [2.75, 3.05) is 38.2 Å². The molecule has 17 heavy (non-hydrogen) atoms. The smallest absolute Gasteiger partial charge is 0.148 e. The van der Waals surface area contributed by atoms with Crippen molar-refractivity contribution in [1.29, 1.82) is 0 Å². The van der Waals surface area contributed by atoms with E-state index in [-0.39, 0.29) is 5.75 Å². The molecule has 0 aromatic heterocycles. The van der Waals surface area contributed by atoms with Crippen LogP contribution in [0.5, 0.6) is 0 Å². The summed E-state index contributed by atoms with van der Waals surface area (Å²) in [7, 11) is -2.83. The van der Waals surface area contributed by atoms with Crippen molar-refractivity contribution < 1.29 is 13.2 Å². The van der Waals surface area contributed by atoms with Gasteiger partial charge in [-0.1, -0.05) is 13.8 Å². The number of ether oxygens (including phenoxy) is 1. The van der Waals surface area contributed by atoms with Gasteiger partial charge in [-0.2, -0.15) is 0 Å². The van der Waals surface area contributed by atoms with Crippen molar-refractivity contribution in [2.24, 2.45) is 5.92 Å². The second-order valence-corrected chi connectivity index (χ2v) is 7.66. The highest BCUT2D eigenvalue weighted by atomic mass is 32.2. The second-order valence-electron chi connectivity index (χ2n) is 5.40. The van der Waals surface area contributed by atoms with E-state index in [0.717, 1.165) is 32.5 Å². The number of hydrogen-bond acceptors (Lipinski definition) is 4. The molecule has 4 nitrogen and oxygen atoms in total. The monoisotopic (exact) mass is 263 g/mol. The molecule has 0 aliphatic carbocycles. The Labute approximate surface area is 105 Å². The lowest BCUT2D eigenvalue weighted by atomic mass is 10.1. The van der Waals surface area contributed by atoms with Crippen LogP contribution in [0.25, 0.3) is 0 Å². The van der Waals surface area contributed by atoms with E-state index in [1.165, 1.54) is 6.26 Å². The fourth-order valence-corrected chi connectivity index (χ4v) is 2.51. The lowest BCUT2D eigenvalue weighted by Crippen LogP contribution is -2.39. The fraction of sp³-hybridized carbons (Fsp3) is 1.00. The lowest BCUT2D eigenvalue weighted by Gasteiger charge is -2.32. The quantitative estimate of drug-likeness (QED) is 0.721. The Bertz CT molecular complexity index is 306. The Balaban J connectivity index is 2.17. The molecule has 0 bridgehead atoms. The molecule has 0 amide bonds. The average Bonchev–Trinajstić information content (AvgIpc) is 2.24. The molecule has 1 rings (SSSR count). The van der Waals surface area contributed by atoms with Crippen LogP contribution < -0.4 is 0 Å². The largest absolute Gasteiger partial charge is 0.378 e. The van der Waals surface area contributed by atoms with E-state index in [9.17, 15) is 8.42 Å². The number of rotatable bonds is 6.